The van der Waals surface area contributed by atoms with E-state index in [9.17, 15) is 5.11 Å². The molecule has 0 unspecified atom stereocenters. The second kappa shape index (κ2) is 8.17. The Morgan fingerprint density at radius 2 is 1.65 bits per heavy atom. The number of hydrogen-bond acceptors (Lipinski definition) is 6. The van der Waals surface area contributed by atoms with E-state index in [2.05, 4.69) is 15.5 Å². The van der Waals surface area contributed by atoms with Gasteiger partial charge >= 0.3 is 5.95 Å². The Morgan fingerprint density at radius 3 is 2.47 bits per heavy atom. The van der Waals surface area contributed by atoms with Crippen molar-refractivity contribution in [3.63, 3.8) is 0 Å². The molecule has 6 nitrogen and oxygen atoms in total. The van der Waals surface area contributed by atoms with Gasteiger partial charge in [-0.15, -0.1) is 5.11 Å². The van der Waals surface area contributed by atoms with Gasteiger partial charge in [-0.1, -0.05) is 72.3 Å². The molecule has 34 heavy (non-hydrogen) atoms. The summed E-state index contributed by atoms with van der Waals surface area (Å²) in [6, 6.07) is 28.5. The molecule has 164 valence electrons. The van der Waals surface area contributed by atoms with E-state index in [0.717, 1.165) is 27.7 Å². The van der Waals surface area contributed by atoms with Crippen LogP contribution >= 0.6 is 11.6 Å². The van der Waals surface area contributed by atoms with Gasteiger partial charge in [0, 0.05) is 21.7 Å². The molecule has 0 atom stereocenters. The molecular weight excluding hydrogens is 448 g/mol. The third-order valence-electron chi connectivity index (χ3n) is 5.58. The zero-order valence-electron chi connectivity index (χ0n) is 17.7. The van der Waals surface area contributed by atoms with Gasteiger partial charge in [0.05, 0.1) is 16.9 Å². The minimum Gasteiger partial charge on any atom is -0.479 e. The summed E-state index contributed by atoms with van der Waals surface area (Å²) in [5.74, 6) is 0.603. The molecule has 0 saturated heterocycles. The number of azo groups is 1. The molecule has 0 bridgehead atoms. The Hall–Kier alpha value is -4.42. The van der Waals surface area contributed by atoms with Crippen molar-refractivity contribution in [3.05, 3.63) is 102 Å². The molecule has 2 heterocycles. The summed E-state index contributed by atoms with van der Waals surface area (Å²) >= 11 is 6.08. The van der Waals surface area contributed by atoms with Crippen LogP contribution < -0.4 is 5.32 Å². The first-order valence-electron chi connectivity index (χ1n) is 10.6. The number of halogens is 1. The summed E-state index contributed by atoms with van der Waals surface area (Å²) in [6.45, 7) is 0. The van der Waals surface area contributed by atoms with E-state index in [1.807, 2.05) is 66.7 Å². The maximum absolute atomic E-state index is 10.8. The van der Waals surface area contributed by atoms with Crippen LogP contribution in [0, 0.1) is 0 Å². The van der Waals surface area contributed by atoms with Gasteiger partial charge in [0.15, 0.2) is 11.4 Å². The Labute approximate surface area is 199 Å². The average Bonchev–Trinajstić information content (AvgIpc) is 3.19. The highest BCUT2D eigenvalue weighted by molar-refractivity contribution is 6.30. The molecule has 7 heteroatoms. The second-order valence-corrected chi connectivity index (χ2v) is 8.21. The lowest BCUT2D eigenvalue weighted by Gasteiger charge is -2.19. The third-order valence-corrected chi connectivity index (χ3v) is 5.81. The summed E-state index contributed by atoms with van der Waals surface area (Å²) in [4.78, 5) is 4.87. The molecule has 2 N–H and O–H groups in total. The van der Waals surface area contributed by atoms with Crippen molar-refractivity contribution in [3.8, 4) is 17.3 Å². The van der Waals surface area contributed by atoms with E-state index in [1.54, 1.807) is 24.3 Å². The quantitative estimate of drug-likeness (QED) is 0.262. The summed E-state index contributed by atoms with van der Waals surface area (Å²) in [6.07, 6.45) is 0. The van der Waals surface area contributed by atoms with Crippen molar-refractivity contribution in [1.82, 2.24) is 0 Å². The van der Waals surface area contributed by atoms with Gasteiger partial charge in [0.2, 0.25) is 0 Å². The lowest BCUT2D eigenvalue weighted by molar-refractivity contribution is 0.339. The molecule has 1 aliphatic heterocycles. The van der Waals surface area contributed by atoms with Gasteiger partial charge < -0.3 is 14.8 Å². The van der Waals surface area contributed by atoms with Crippen molar-refractivity contribution in [2.45, 2.75) is 0 Å². The van der Waals surface area contributed by atoms with E-state index in [0.29, 0.717) is 27.9 Å². The molecule has 0 aliphatic carbocycles. The lowest BCUT2D eigenvalue weighted by Crippen LogP contribution is -2.16. The minimum atomic E-state index is -0.346. The molecule has 6 rings (SSSR count). The number of aliphatic imine (C=N–C) groups is 1. The lowest BCUT2D eigenvalue weighted by atomic mass is 10.0. The Kier molecular flexibility index (Phi) is 4.86. The Morgan fingerprint density at radius 1 is 0.853 bits per heavy atom. The number of hydrogen-bond donors (Lipinski definition) is 2. The summed E-state index contributed by atoms with van der Waals surface area (Å²) in [5.41, 5.74) is 3.75. The van der Waals surface area contributed by atoms with Crippen LogP contribution in [-0.4, -0.2) is 10.9 Å². The van der Waals surface area contributed by atoms with E-state index in [4.69, 9.17) is 21.0 Å². The van der Waals surface area contributed by atoms with Crippen LogP contribution in [0.1, 0.15) is 5.56 Å². The molecule has 0 spiro atoms. The van der Waals surface area contributed by atoms with Crippen LogP contribution in [0.15, 0.2) is 111 Å². The summed E-state index contributed by atoms with van der Waals surface area (Å²) in [7, 11) is 0. The molecule has 4 aromatic carbocycles. The second-order valence-electron chi connectivity index (χ2n) is 7.77. The van der Waals surface area contributed by atoms with Crippen molar-refractivity contribution < 1.29 is 9.52 Å². The summed E-state index contributed by atoms with van der Waals surface area (Å²) in [5, 5.41) is 25.4. The fourth-order valence-corrected chi connectivity index (χ4v) is 4.26. The van der Waals surface area contributed by atoms with Gasteiger partial charge in [0.25, 0.3) is 0 Å². The van der Waals surface area contributed by atoms with Crippen molar-refractivity contribution in [2.75, 3.05) is 5.32 Å². The molecular formula is C27H17ClN4O2. The largest absolute Gasteiger partial charge is 0.479 e. The molecule has 1 aromatic heterocycles. The highest BCUT2D eigenvalue weighted by Gasteiger charge is 2.28. The highest BCUT2D eigenvalue weighted by atomic mass is 35.5. The SMILES string of the molecule is Oc1oc(-c2ccccc2)c(C2=Nc3cccc4cccc(c34)N2)c1N=Nc1cccc(Cl)c1. The van der Waals surface area contributed by atoms with Crippen LogP contribution in [0.25, 0.3) is 22.1 Å². The topological polar surface area (TPSA) is 82.5 Å². The predicted octanol–water partition coefficient (Wildman–Crippen LogP) is 8.38. The van der Waals surface area contributed by atoms with Crippen LogP contribution in [0.5, 0.6) is 5.95 Å². The molecule has 0 amide bonds. The number of nitrogens with zero attached hydrogens (tertiary/aromatic N) is 3. The van der Waals surface area contributed by atoms with E-state index < -0.39 is 0 Å². The van der Waals surface area contributed by atoms with Crippen molar-refractivity contribution >= 4 is 51.0 Å². The van der Waals surface area contributed by atoms with Gasteiger partial charge in [0.1, 0.15) is 5.84 Å². The molecule has 0 saturated carbocycles. The first kappa shape index (κ1) is 20.2. The first-order chi connectivity index (χ1) is 16.7. The number of nitrogens with one attached hydrogen (secondary N) is 1. The smallest absolute Gasteiger partial charge is 0.312 e. The normalized spacial score (nSPS) is 12.7. The van der Waals surface area contributed by atoms with Crippen LogP contribution in [0.2, 0.25) is 5.02 Å². The van der Waals surface area contributed by atoms with Crippen molar-refractivity contribution in [1.29, 1.82) is 0 Å². The predicted molar refractivity (Wildman–Crippen MR) is 135 cm³/mol. The van der Waals surface area contributed by atoms with Crippen LogP contribution in [-0.2, 0) is 0 Å². The van der Waals surface area contributed by atoms with E-state index in [-0.39, 0.29) is 11.6 Å². The molecule has 0 fully saturated rings. The number of rotatable bonds is 4. The maximum Gasteiger partial charge on any atom is 0.312 e. The zero-order chi connectivity index (χ0) is 23.1. The van der Waals surface area contributed by atoms with E-state index >= 15 is 0 Å². The number of anilines is 1. The van der Waals surface area contributed by atoms with Crippen LogP contribution in [0.4, 0.5) is 22.7 Å². The maximum atomic E-state index is 10.8. The molecule has 5 aromatic rings. The van der Waals surface area contributed by atoms with E-state index in [1.165, 1.54) is 0 Å². The molecule has 0 radical (unpaired) electrons. The fraction of sp³-hybridized carbons (Fsp3) is 0. The highest BCUT2D eigenvalue weighted by Crippen LogP contribution is 2.45. The van der Waals surface area contributed by atoms with Crippen LogP contribution in [0.3, 0.4) is 0 Å². The number of amidine groups is 1. The summed E-state index contributed by atoms with van der Waals surface area (Å²) < 4.78 is 5.81. The van der Waals surface area contributed by atoms with Gasteiger partial charge in [-0.3, -0.25) is 0 Å². The standard InChI is InChI=1S/C27H17ClN4O2/c28-18-11-6-12-19(15-18)31-32-24-23(25(34-27(24)33)17-7-2-1-3-8-17)26-29-20-13-4-9-16-10-5-14-21(30-26)22(16)20/h1-15,33H,(H,29,30). The van der Waals surface area contributed by atoms with Gasteiger partial charge in [-0.05, 0) is 35.7 Å². The van der Waals surface area contributed by atoms with Gasteiger partial charge in [-0.2, -0.15) is 5.11 Å². The number of aromatic hydroxyl groups is 1. The number of furan rings is 1. The monoisotopic (exact) mass is 464 g/mol. The minimum absolute atomic E-state index is 0.177. The fourth-order valence-electron chi connectivity index (χ4n) is 4.07. The third kappa shape index (κ3) is 3.50. The Bertz CT molecular complexity index is 1600. The van der Waals surface area contributed by atoms with Gasteiger partial charge in [-0.25, -0.2) is 4.99 Å². The Balaban J connectivity index is 1.56. The van der Waals surface area contributed by atoms with Crippen molar-refractivity contribution in [2.24, 2.45) is 15.2 Å². The zero-order valence-corrected chi connectivity index (χ0v) is 18.5. The molecule has 1 aliphatic rings. The average molecular weight is 465 g/mol. The number of benzene rings is 4. The first-order valence-corrected chi connectivity index (χ1v) is 11.0.